The molecular formula is C32H44N2O2. The van der Waals surface area contributed by atoms with Gasteiger partial charge in [-0.1, -0.05) is 98.0 Å². The smallest absolute Gasteiger partial charge is 0.251 e. The molecule has 1 aromatic rings. The Kier molecular flexibility index (Phi) is 18.8. The molecular weight excluding hydrogens is 444 g/mol. The second-order valence-corrected chi connectivity index (χ2v) is 8.37. The highest BCUT2D eigenvalue weighted by Gasteiger charge is 2.07. The largest absolute Gasteiger partial charge is 0.354 e. The Morgan fingerprint density at radius 3 is 1.67 bits per heavy atom. The number of hydrogen-bond acceptors (Lipinski definition) is 2. The highest BCUT2D eigenvalue weighted by atomic mass is 16.2. The second-order valence-electron chi connectivity index (χ2n) is 8.37. The maximum absolute atomic E-state index is 12.1. The van der Waals surface area contributed by atoms with Crippen LogP contribution in [0.1, 0.15) is 74.2 Å². The highest BCUT2D eigenvalue weighted by Crippen LogP contribution is 2.06. The van der Waals surface area contributed by atoms with Crippen LogP contribution in [0, 0.1) is 6.92 Å². The van der Waals surface area contributed by atoms with Gasteiger partial charge in [0.1, 0.15) is 0 Å². The molecule has 0 fully saturated rings. The Hall–Kier alpha value is -3.40. The van der Waals surface area contributed by atoms with Crippen LogP contribution in [0.3, 0.4) is 0 Å². The molecule has 0 saturated carbocycles. The van der Waals surface area contributed by atoms with Gasteiger partial charge in [-0.3, -0.25) is 9.59 Å². The van der Waals surface area contributed by atoms with E-state index in [1.54, 1.807) is 6.07 Å². The first-order valence-electron chi connectivity index (χ1n) is 13.2. The summed E-state index contributed by atoms with van der Waals surface area (Å²) in [7, 11) is 0. The summed E-state index contributed by atoms with van der Waals surface area (Å²) < 4.78 is 0. The summed E-state index contributed by atoms with van der Waals surface area (Å²) >= 11 is 0. The van der Waals surface area contributed by atoms with Crippen molar-refractivity contribution in [3.63, 3.8) is 0 Å². The number of rotatable bonds is 18. The minimum atomic E-state index is -0.111. The van der Waals surface area contributed by atoms with Gasteiger partial charge < -0.3 is 10.6 Å². The van der Waals surface area contributed by atoms with Crippen LogP contribution in [-0.2, 0) is 4.79 Å². The van der Waals surface area contributed by atoms with E-state index in [0.29, 0.717) is 31.5 Å². The van der Waals surface area contributed by atoms with Gasteiger partial charge in [0.2, 0.25) is 5.91 Å². The first-order chi connectivity index (χ1) is 17.6. The lowest BCUT2D eigenvalue weighted by Crippen LogP contribution is -2.34. The molecule has 4 heteroatoms. The van der Waals surface area contributed by atoms with Gasteiger partial charge in [0.05, 0.1) is 0 Å². The fourth-order valence-electron chi connectivity index (χ4n) is 3.24. The van der Waals surface area contributed by atoms with Crippen molar-refractivity contribution >= 4 is 11.8 Å². The SMILES string of the molecule is CCC=CCC=CCC=CCC=CCC=CCC=CCCC(=O)NCCNC(=O)c1ccccc1C. The Morgan fingerprint density at radius 1 is 0.667 bits per heavy atom. The summed E-state index contributed by atoms with van der Waals surface area (Å²) in [6.45, 7) is 4.90. The van der Waals surface area contributed by atoms with Crippen molar-refractivity contribution in [2.75, 3.05) is 13.1 Å². The van der Waals surface area contributed by atoms with Crippen LogP contribution in [0.5, 0.6) is 0 Å². The molecule has 0 aromatic heterocycles. The standard InChI is InChI=1S/C32H44N2O2/c1-3-4-5-6-7-8-9-10-11-12-13-14-15-16-17-18-19-20-21-26-31(35)33-27-28-34-32(36)30-25-23-22-24-29(30)2/h4-5,7-8,10-11,13-14,16-17,19-20,22-25H,3,6,9,12,15,18,21,26-28H2,1-2H3,(H,33,35)(H,34,36). The van der Waals surface area contributed by atoms with Crippen LogP contribution in [-0.4, -0.2) is 24.9 Å². The molecule has 0 aliphatic carbocycles. The monoisotopic (exact) mass is 488 g/mol. The van der Waals surface area contributed by atoms with Gasteiger partial charge in [-0.2, -0.15) is 0 Å². The van der Waals surface area contributed by atoms with E-state index in [1.165, 1.54) is 0 Å². The Labute approximate surface area is 218 Å². The van der Waals surface area contributed by atoms with Crippen molar-refractivity contribution in [1.29, 1.82) is 0 Å². The molecule has 2 N–H and O–H groups in total. The van der Waals surface area contributed by atoms with Gasteiger partial charge in [-0.05, 0) is 63.5 Å². The number of amides is 2. The predicted octanol–water partition coefficient (Wildman–Crippen LogP) is 7.32. The summed E-state index contributed by atoms with van der Waals surface area (Å²) in [5.74, 6) is -0.111. The van der Waals surface area contributed by atoms with Crippen molar-refractivity contribution in [3.8, 4) is 0 Å². The summed E-state index contributed by atoms with van der Waals surface area (Å²) in [5.41, 5.74) is 1.61. The molecule has 0 atom stereocenters. The first-order valence-corrected chi connectivity index (χ1v) is 13.2. The van der Waals surface area contributed by atoms with E-state index in [1.807, 2.05) is 31.2 Å². The summed E-state index contributed by atoms with van der Waals surface area (Å²) in [5, 5.41) is 5.68. The third kappa shape index (κ3) is 17.1. The molecule has 0 spiro atoms. The lowest BCUT2D eigenvalue weighted by Gasteiger charge is -2.08. The molecule has 36 heavy (non-hydrogen) atoms. The molecule has 0 bridgehead atoms. The maximum atomic E-state index is 12.1. The van der Waals surface area contributed by atoms with Crippen molar-refractivity contribution in [2.45, 2.75) is 65.2 Å². The van der Waals surface area contributed by atoms with Crippen LogP contribution in [0.2, 0.25) is 0 Å². The lowest BCUT2D eigenvalue weighted by molar-refractivity contribution is -0.120. The Balaban J connectivity index is 1.99. The van der Waals surface area contributed by atoms with Gasteiger partial charge in [0.25, 0.3) is 5.91 Å². The number of aryl methyl sites for hydroxylation is 1. The molecule has 0 heterocycles. The molecule has 1 rings (SSSR count). The van der Waals surface area contributed by atoms with Gasteiger partial charge in [-0.15, -0.1) is 0 Å². The van der Waals surface area contributed by atoms with E-state index in [2.05, 4.69) is 84.4 Å². The van der Waals surface area contributed by atoms with E-state index in [0.717, 1.165) is 44.1 Å². The molecule has 1 aromatic carbocycles. The van der Waals surface area contributed by atoms with E-state index in [-0.39, 0.29) is 11.8 Å². The Morgan fingerprint density at radius 2 is 1.14 bits per heavy atom. The molecule has 194 valence electrons. The fourth-order valence-corrected chi connectivity index (χ4v) is 3.24. The summed E-state index contributed by atoms with van der Waals surface area (Å²) in [4.78, 5) is 24.0. The lowest BCUT2D eigenvalue weighted by atomic mass is 10.1. The minimum Gasteiger partial charge on any atom is -0.354 e. The first kappa shape index (κ1) is 30.6. The Bertz CT molecular complexity index is 920. The third-order valence-corrected chi connectivity index (χ3v) is 5.26. The number of carbonyl (C=O) groups is 2. The maximum Gasteiger partial charge on any atom is 0.251 e. The van der Waals surface area contributed by atoms with E-state index in [4.69, 9.17) is 0 Å². The zero-order valence-electron chi connectivity index (χ0n) is 22.1. The van der Waals surface area contributed by atoms with Gasteiger partial charge >= 0.3 is 0 Å². The van der Waals surface area contributed by atoms with Crippen molar-refractivity contribution in [3.05, 3.63) is 108 Å². The normalized spacial score (nSPS) is 12.3. The van der Waals surface area contributed by atoms with Crippen LogP contribution < -0.4 is 10.6 Å². The molecule has 0 saturated heterocycles. The van der Waals surface area contributed by atoms with Crippen molar-refractivity contribution in [2.24, 2.45) is 0 Å². The summed E-state index contributed by atoms with van der Waals surface area (Å²) in [6, 6.07) is 7.46. The number of allylic oxidation sites excluding steroid dienone is 12. The van der Waals surface area contributed by atoms with E-state index < -0.39 is 0 Å². The van der Waals surface area contributed by atoms with Crippen LogP contribution in [0.15, 0.2) is 97.2 Å². The number of nitrogens with one attached hydrogen (secondary N) is 2. The average Bonchev–Trinajstić information content (AvgIpc) is 2.88. The van der Waals surface area contributed by atoms with Gasteiger partial charge in [0.15, 0.2) is 0 Å². The van der Waals surface area contributed by atoms with Crippen LogP contribution in [0.4, 0.5) is 0 Å². The van der Waals surface area contributed by atoms with Crippen LogP contribution in [0.25, 0.3) is 0 Å². The number of benzene rings is 1. The number of carbonyl (C=O) groups excluding carboxylic acids is 2. The highest BCUT2D eigenvalue weighted by molar-refractivity contribution is 5.95. The van der Waals surface area contributed by atoms with Crippen molar-refractivity contribution < 1.29 is 9.59 Å². The van der Waals surface area contributed by atoms with Gasteiger partial charge in [0, 0.05) is 25.1 Å². The molecule has 0 radical (unpaired) electrons. The zero-order valence-corrected chi connectivity index (χ0v) is 22.1. The molecule has 0 unspecified atom stereocenters. The third-order valence-electron chi connectivity index (χ3n) is 5.26. The van der Waals surface area contributed by atoms with E-state index >= 15 is 0 Å². The summed E-state index contributed by atoms with van der Waals surface area (Å²) in [6.07, 6.45) is 33.1. The topological polar surface area (TPSA) is 58.2 Å². The zero-order chi connectivity index (χ0) is 26.1. The average molecular weight is 489 g/mol. The molecule has 0 aliphatic heterocycles. The number of hydrogen-bond donors (Lipinski definition) is 2. The van der Waals surface area contributed by atoms with Crippen LogP contribution >= 0.6 is 0 Å². The molecule has 2 amide bonds. The molecule has 4 nitrogen and oxygen atoms in total. The minimum absolute atomic E-state index is 0.000306. The van der Waals surface area contributed by atoms with Crippen molar-refractivity contribution in [1.82, 2.24) is 10.6 Å². The predicted molar refractivity (Wildman–Crippen MR) is 154 cm³/mol. The quantitative estimate of drug-likeness (QED) is 0.168. The second kappa shape index (κ2) is 22.1. The van der Waals surface area contributed by atoms with E-state index in [9.17, 15) is 9.59 Å². The van der Waals surface area contributed by atoms with Gasteiger partial charge in [-0.25, -0.2) is 0 Å². The molecule has 0 aliphatic rings. The fraction of sp³-hybridized carbons (Fsp3) is 0.375.